The van der Waals surface area contributed by atoms with E-state index in [1.54, 1.807) is 31.3 Å². The first-order valence-corrected chi connectivity index (χ1v) is 9.54. The minimum atomic E-state index is -0.157. The van der Waals surface area contributed by atoms with Gasteiger partial charge in [-0.3, -0.25) is 4.79 Å². The maximum absolute atomic E-state index is 12.6. The summed E-state index contributed by atoms with van der Waals surface area (Å²) in [4.78, 5) is 18.8. The van der Waals surface area contributed by atoms with E-state index in [0.717, 1.165) is 5.56 Å². The van der Waals surface area contributed by atoms with Gasteiger partial charge < -0.3 is 18.9 Å². The van der Waals surface area contributed by atoms with Crippen LogP contribution in [0.5, 0.6) is 11.5 Å². The van der Waals surface area contributed by atoms with Gasteiger partial charge in [0.05, 0.1) is 25.2 Å². The maximum atomic E-state index is 12.6. The van der Waals surface area contributed by atoms with Gasteiger partial charge in [0.1, 0.15) is 11.5 Å². The molecule has 29 heavy (non-hydrogen) atoms. The molecule has 7 nitrogen and oxygen atoms in total. The lowest BCUT2D eigenvalue weighted by molar-refractivity contribution is -0.128. The lowest BCUT2D eigenvalue weighted by Crippen LogP contribution is -2.24. The molecule has 2 aromatic carbocycles. The summed E-state index contributed by atoms with van der Waals surface area (Å²) in [5.41, 5.74) is 1.61. The van der Waals surface area contributed by atoms with E-state index in [9.17, 15) is 4.79 Å². The van der Waals surface area contributed by atoms with Crippen molar-refractivity contribution in [2.24, 2.45) is 0 Å². The van der Waals surface area contributed by atoms with Crippen LogP contribution in [0.4, 0.5) is 0 Å². The van der Waals surface area contributed by atoms with Crippen molar-refractivity contribution in [2.45, 2.75) is 18.9 Å². The van der Waals surface area contributed by atoms with Crippen molar-refractivity contribution in [3.05, 3.63) is 58.9 Å². The lowest BCUT2D eigenvalue weighted by atomic mass is 10.1. The fourth-order valence-corrected chi connectivity index (χ4v) is 3.65. The van der Waals surface area contributed by atoms with Gasteiger partial charge >= 0.3 is 0 Å². The highest BCUT2D eigenvalue weighted by atomic mass is 35.5. The topological polar surface area (TPSA) is 77.7 Å². The molecule has 150 valence electrons. The van der Waals surface area contributed by atoms with Gasteiger partial charge in [0.2, 0.25) is 17.6 Å². The van der Waals surface area contributed by atoms with E-state index >= 15 is 0 Å². The molecule has 0 saturated carbocycles. The third-order valence-electron chi connectivity index (χ3n) is 4.98. The van der Waals surface area contributed by atoms with Crippen LogP contribution in [0.3, 0.4) is 0 Å². The number of aromatic nitrogens is 2. The SMILES string of the molecule is COc1ccc(CN2CC(c3nc(-c4ccccc4Cl)no3)CC2=O)c(OC)c1. The Hall–Kier alpha value is -3.06. The number of nitrogens with zero attached hydrogens (tertiary/aromatic N) is 3. The number of carbonyl (C=O) groups excluding carboxylic acids is 1. The quantitative estimate of drug-likeness (QED) is 0.609. The third kappa shape index (κ3) is 3.91. The molecule has 1 aliphatic heterocycles. The molecule has 2 heterocycles. The predicted octanol–water partition coefficient (Wildman–Crippen LogP) is 3.92. The highest BCUT2D eigenvalue weighted by Gasteiger charge is 2.34. The zero-order chi connectivity index (χ0) is 20.4. The molecule has 0 radical (unpaired) electrons. The average molecular weight is 414 g/mol. The number of likely N-dealkylation sites (tertiary alicyclic amines) is 1. The molecular formula is C21H20ClN3O4. The minimum absolute atomic E-state index is 0.0327. The summed E-state index contributed by atoms with van der Waals surface area (Å²) in [5.74, 6) is 2.13. The predicted molar refractivity (Wildman–Crippen MR) is 107 cm³/mol. The van der Waals surface area contributed by atoms with E-state index in [1.807, 2.05) is 30.3 Å². The number of hydrogen-bond acceptors (Lipinski definition) is 6. The Morgan fingerprint density at radius 1 is 1.21 bits per heavy atom. The Labute approximate surface area is 173 Å². The molecule has 4 rings (SSSR count). The van der Waals surface area contributed by atoms with Crippen LogP contribution in [0.2, 0.25) is 5.02 Å². The summed E-state index contributed by atoms with van der Waals surface area (Å²) in [7, 11) is 3.20. The number of hydrogen-bond donors (Lipinski definition) is 0. The standard InChI is InChI=1S/C21H20ClN3O4/c1-27-15-8-7-13(18(10-15)28-2)11-25-12-14(9-19(25)26)21-23-20(24-29-21)16-5-3-4-6-17(16)22/h3-8,10,14H,9,11-12H2,1-2H3. The molecule has 1 atom stereocenters. The third-order valence-corrected chi connectivity index (χ3v) is 5.31. The van der Waals surface area contributed by atoms with Crippen LogP contribution in [0.1, 0.15) is 23.8 Å². The van der Waals surface area contributed by atoms with Gasteiger partial charge in [-0.05, 0) is 24.3 Å². The highest BCUT2D eigenvalue weighted by Crippen LogP contribution is 2.33. The van der Waals surface area contributed by atoms with Crippen LogP contribution in [0, 0.1) is 0 Å². The van der Waals surface area contributed by atoms with Crippen LogP contribution in [-0.2, 0) is 11.3 Å². The van der Waals surface area contributed by atoms with Gasteiger partial charge in [-0.2, -0.15) is 4.98 Å². The second kappa shape index (κ2) is 8.13. The molecular weight excluding hydrogens is 394 g/mol. The Morgan fingerprint density at radius 3 is 2.79 bits per heavy atom. The first kappa shape index (κ1) is 19.3. The van der Waals surface area contributed by atoms with E-state index in [2.05, 4.69) is 10.1 Å². The Bertz CT molecular complexity index is 1040. The molecule has 1 aromatic heterocycles. The Morgan fingerprint density at radius 2 is 2.03 bits per heavy atom. The van der Waals surface area contributed by atoms with E-state index in [-0.39, 0.29) is 11.8 Å². The molecule has 0 N–H and O–H groups in total. The highest BCUT2D eigenvalue weighted by molar-refractivity contribution is 6.33. The Balaban J connectivity index is 1.50. The maximum Gasteiger partial charge on any atom is 0.232 e. The zero-order valence-corrected chi connectivity index (χ0v) is 16.8. The summed E-state index contributed by atoms with van der Waals surface area (Å²) in [5, 5.41) is 4.59. The van der Waals surface area contributed by atoms with Crippen molar-refractivity contribution >= 4 is 17.5 Å². The fourth-order valence-electron chi connectivity index (χ4n) is 3.43. The molecule has 1 unspecified atom stereocenters. The van der Waals surface area contributed by atoms with Crippen LogP contribution in [-0.4, -0.2) is 41.7 Å². The molecule has 1 fully saturated rings. The van der Waals surface area contributed by atoms with Crippen molar-refractivity contribution in [1.29, 1.82) is 0 Å². The minimum Gasteiger partial charge on any atom is -0.497 e. The van der Waals surface area contributed by atoms with Crippen LogP contribution in [0.25, 0.3) is 11.4 Å². The number of methoxy groups -OCH3 is 2. The zero-order valence-electron chi connectivity index (χ0n) is 16.1. The molecule has 1 saturated heterocycles. The summed E-state index contributed by atoms with van der Waals surface area (Å²) in [6.07, 6.45) is 0.322. The lowest BCUT2D eigenvalue weighted by Gasteiger charge is -2.18. The number of halogens is 1. The molecule has 0 aliphatic carbocycles. The van der Waals surface area contributed by atoms with Gasteiger partial charge in [-0.25, -0.2) is 0 Å². The fraction of sp³-hybridized carbons (Fsp3) is 0.286. The molecule has 8 heteroatoms. The molecule has 1 amide bonds. The number of rotatable bonds is 6. The molecule has 1 aliphatic rings. The summed E-state index contributed by atoms with van der Waals surface area (Å²) >= 11 is 6.21. The summed E-state index contributed by atoms with van der Waals surface area (Å²) < 4.78 is 16.1. The van der Waals surface area contributed by atoms with Gasteiger partial charge in [0, 0.05) is 36.7 Å². The first-order chi connectivity index (χ1) is 14.1. The summed E-state index contributed by atoms with van der Waals surface area (Å²) in [6.45, 7) is 0.937. The van der Waals surface area contributed by atoms with Gasteiger partial charge in [-0.15, -0.1) is 0 Å². The van der Waals surface area contributed by atoms with Crippen molar-refractivity contribution < 1.29 is 18.8 Å². The van der Waals surface area contributed by atoms with Gasteiger partial charge in [-0.1, -0.05) is 28.9 Å². The number of ether oxygens (including phenoxy) is 2. The molecule has 3 aromatic rings. The molecule has 0 bridgehead atoms. The van der Waals surface area contributed by atoms with E-state index in [0.29, 0.717) is 53.3 Å². The number of benzene rings is 2. The van der Waals surface area contributed by atoms with E-state index in [4.69, 9.17) is 25.6 Å². The summed E-state index contributed by atoms with van der Waals surface area (Å²) in [6, 6.07) is 12.9. The largest absolute Gasteiger partial charge is 0.497 e. The number of amides is 1. The van der Waals surface area contributed by atoms with Crippen molar-refractivity contribution in [1.82, 2.24) is 15.0 Å². The van der Waals surface area contributed by atoms with Crippen molar-refractivity contribution in [3.63, 3.8) is 0 Å². The monoisotopic (exact) mass is 413 g/mol. The average Bonchev–Trinajstić information content (AvgIpc) is 3.36. The molecule has 0 spiro atoms. The van der Waals surface area contributed by atoms with E-state index < -0.39 is 0 Å². The van der Waals surface area contributed by atoms with Gasteiger partial charge in [0.15, 0.2) is 0 Å². The van der Waals surface area contributed by atoms with Crippen LogP contribution < -0.4 is 9.47 Å². The second-order valence-corrected chi connectivity index (χ2v) is 7.20. The van der Waals surface area contributed by atoms with Crippen molar-refractivity contribution in [2.75, 3.05) is 20.8 Å². The van der Waals surface area contributed by atoms with Crippen LogP contribution in [0.15, 0.2) is 47.0 Å². The van der Waals surface area contributed by atoms with Crippen LogP contribution >= 0.6 is 11.6 Å². The van der Waals surface area contributed by atoms with E-state index in [1.165, 1.54) is 0 Å². The van der Waals surface area contributed by atoms with Crippen molar-refractivity contribution in [3.8, 4) is 22.9 Å². The first-order valence-electron chi connectivity index (χ1n) is 9.16. The Kier molecular flexibility index (Phi) is 5.40. The smallest absolute Gasteiger partial charge is 0.232 e. The normalized spacial score (nSPS) is 16.3. The second-order valence-electron chi connectivity index (χ2n) is 6.79. The number of carbonyl (C=O) groups is 1. The van der Waals surface area contributed by atoms with Gasteiger partial charge in [0.25, 0.3) is 0 Å².